The van der Waals surface area contributed by atoms with Gasteiger partial charge in [-0.05, 0) is 13.8 Å². The summed E-state index contributed by atoms with van der Waals surface area (Å²) < 4.78 is 8.79. The first-order chi connectivity index (χ1) is 6.33. The van der Waals surface area contributed by atoms with Crippen LogP contribution in [0.3, 0.4) is 0 Å². The van der Waals surface area contributed by atoms with Gasteiger partial charge in [-0.1, -0.05) is 0 Å². The molecule has 0 heterocycles. The van der Waals surface area contributed by atoms with Gasteiger partial charge in [0.1, 0.15) is 5.97 Å². The maximum absolute atomic E-state index is 10.5. The maximum Gasteiger partial charge on any atom is 2.00 e. The second-order valence-electron chi connectivity index (χ2n) is 2.46. The Bertz CT molecular complexity index is 231. The molecule has 0 aliphatic heterocycles. The molecule has 0 bridgehead atoms. The van der Waals surface area contributed by atoms with Crippen molar-refractivity contribution in [1.82, 2.24) is 0 Å². The fraction of sp³-hybridized carbons (Fsp3) is 0.714. The number of aliphatic carboxylic acids is 2. The van der Waals surface area contributed by atoms with Crippen LogP contribution in [-0.2, 0) is 19.1 Å². The molecule has 2 unspecified atom stereocenters. The van der Waals surface area contributed by atoms with Gasteiger partial charge in [0.2, 0.25) is 5.79 Å². The van der Waals surface area contributed by atoms with Gasteiger partial charge in [-0.3, -0.25) is 0 Å². The van der Waals surface area contributed by atoms with Gasteiger partial charge in [-0.15, -0.1) is 0 Å². The van der Waals surface area contributed by atoms with Crippen molar-refractivity contribution in [2.45, 2.75) is 25.9 Å². The van der Waals surface area contributed by atoms with Crippen molar-refractivity contribution in [1.29, 1.82) is 0 Å². The average Bonchev–Trinajstić information content (AvgIpc) is 2.03. The second kappa shape index (κ2) is 7.55. The topological polar surface area (TPSA) is 119 Å². The summed E-state index contributed by atoms with van der Waals surface area (Å²) >= 11 is 0. The van der Waals surface area contributed by atoms with Gasteiger partial charge in [0, 0.05) is 6.61 Å². The normalized spacial score (nSPS) is 15.9. The Morgan fingerprint density at radius 1 is 1.47 bits per heavy atom. The number of carboxylic acid groups (broad SMARTS) is 2. The summed E-state index contributed by atoms with van der Waals surface area (Å²) in [5, 5.41) is 29.2. The molecule has 82 valence electrons. The van der Waals surface area contributed by atoms with Crippen molar-refractivity contribution < 1.29 is 34.4 Å². The van der Waals surface area contributed by atoms with Crippen LogP contribution in [0, 0.1) is 0 Å². The molecule has 0 aliphatic rings. The minimum Gasteiger partial charge on any atom is -0.545 e. The van der Waals surface area contributed by atoms with E-state index in [1.54, 1.807) is 0 Å². The molecule has 0 rings (SSSR count). The van der Waals surface area contributed by atoms with Crippen molar-refractivity contribution in [2.24, 2.45) is 0 Å². The molecule has 1 N–H and O–H groups in total. The number of carbonyl (C=O) groups is 2. The first-order valence-electron chi connectivity index (χ1n) is 3.75. The SMILES string of the molecule is CCOC(C)(OC(O)C(=O)[O-])C(=O)[O-].[Sr+2]. The third-order valence-corrected chi connectivity index (χ3v) is 1.33. The first kappa shape index (κ1) is 17.7. The number of aliphatic hydroxyl groups excluding tert-OH is 1. The maximum atomic E-state index is 10.5. The quantitative estimate of drug-likeness (QED) is 0.394. The Morgan fingerprint density at radius 3 is 2.20 bits per heavy atom. The van der Waals surface area contributed by atoms with Crippen LogP contribution in [0.4, 0.5) is 0 Å². The van der Waals surface area contributed by atoms with Crippen LogP contribution in [0.1, 0.15) is 13.8 Å². The summed E-state index contributed by atoms with van der Waals surface area (Å²) in [6, 6.07) is 0. The van der Waals surface area contributed by atoms with E-state index in [0.29, 0.717) is 0 Å². The molecule has 0 aromatic rings. The summed E-state index contributed by atoms with van der Waals surface area (Å²) in [6.45, 7) is 2.33. The Kier molecular flexibility index (Phi) is 8.91. The molecule has 15 heavy (non-hydrogen) atoms. The average molecular weight is 294 g/mol. The summed E-state index contributed by atoms with van der Waals surface area (Å²) in [7, 11) is 0. The van der Waals surface area contributed by atoms with Crippen molar-refractivity contribution in [2.75, 3.05) is 6.61 Å². The van der Waals surface area contributed by atoms with Crippen LogP contribution in [0.15, 0.2) is 0 Å². The molecule has 0 aromatic heterocycles. The smallest absolute Gasteiger partial charge is 0.545 e. The van der Waals surface area contributed by atoms with Gasteiger partial charge in [-0.25, -0.2) is 0 Å². The van der Waals surface area contributed by atoms with E-state index in [0.717, 1.165) is 6.92 Å². The predicted octanol–water partition coefficient (Wildman–Crippen LogP) is -3.81. The van der Waals surface area contributed by atoms with Gasteiger partial charge in [0.15, 0.2) is 6.29 Å². The molecule has 7 nitrogen and oxygen atoms in total. The van der Waals surface area contributed by atoms with E-state index in [4.69, 9.17) is 5.11 Å². The van der Waals surface area contributed by atoms with Crippen LogP contribution in [-0.4, -0.2) is 81.2 Å². The van der Waals surface area contributed by atoms with Crippen LogP contribution in [0.5, 0.6) is 0 Å². The number of hydrogen-bond acceptors (Lipinski definition) is 7. The van der Waals surface area contributed by atoms with E-state index in [1.165, 1.54) is 6.92 Å². The van der Waals surface area contributed by atoms with Gasteiger partial charge >= 0.3 is 45.5 Å². The van der Waals surface area contributed by atoms with E-state index in [-0.39, 0.29) is 52.1 Å². The van der Waals surface area contributed by atoms with Gasteiger partial charge < -0.3 is 34.4 Å². The molecule has 0 saturated heterocycles. The third kappa shape index (κ3) is 5.81. The minimum atomic E-state index is -2.38. The Morgan fingerprint density at radius 2 is 1.93 bits per heavy atom. The molecular formula is C7H10O7Sr. The van der Waals surface area contributed by atoms with Gasteiger partial charge in [0.25, 0.3) is 0 Å². The first-order valence-corrected chi connectivity index (χ1v) is 3.75. The second-order valence-corrected chi connectivity index (χ2v) is 2.46. The predicted molar refractivity (Wildman–Crippen MR) is 42.9 cm³/mol. The summed E-state index contributed by atoms with van der Waals surface area (Å²) in [4.78, 5) is 20.5. The van der Waals surface area contributed by atoms with Crippen molar-refractivity contribution in [3.05, 3.63) is 0 Å². The molecule has 0 aliphatic carbocycles. The number of hydrogen-bond donors (Lipinski definition) is 1. The zero-order valence-corrected chi connectivity index (χ0v) is 11.9. The summed E-state index contributed by atoms with van der Waals surface area (Å²) in [6.07, 6.45) is -2.38. The Labute approximate surface area is 123 Å². The molecule has 2 atom stereocenters. The molecule has 8 heteroatoms. The van der Waals surface area contributed by atoms with Crippen LogP contribution < -0.4 is 10.2 Å². The Hall–Kier alpha value is 0.301. The number of carbonyl (C=O) groups excluding carboxylic acids is 2. The van der Waals surface area contributed by atoms with Crippen LogP contribution in [0.25, 0.3) is 0 Å². The van der Waals surface area contributed by atoms with Crippen LogP contribution in [0.2, 0.25) is 0 Å². The van der Waals surface area contributed by atoms with E-state index in [1.807, 2.05) is 0 Å². The van der Waals surface area contributed by atoms with E-state index >= 15 is 0 Å². The van der Waals surface area contributed by atoms with Crippen molar-refractivity contribution >= 4 is 57.4 Å². The van der Waals surface area contributed by atoms with E-state index < -0.39 is 24.0 Å². The van der Waals surface area contributed by atoms with Crippen LogP contribution >= 0.6 is 0 Å². The monoisotopic (exact) mass is 294 g/mol. The fourth-order valence-corrected chi connectivity index (χ4v) is 0.678. The fourth-order valence-electron chi connectivity index (χ4n) is 0.678. The molecule has 0 saturated carbocycles. The largest absolute Gasteiger partial charge is 2.00 e. The standard InChI is InChI=1S/C7H12O7.Sr/c1-3-13-7(2,6(11)12)14-5(10)4(8)9;/h5,10H,3H2,1-2H3,(H,8,9)(H,11,12);/q;+2/p-2. The zero-order chi connectivity index (χ0) is 11.4. The third-order valence-electron chi connectivity index (χ3n) is 1.33. The van der Waals surface area contributed by atoms with E-state index in [9.17, 15) is 19.8 Å². The zero-order valence-electron chi connectivity index (χ0n) is 8.39. The summed E-state index contributed by atoms with van der Waals surface area (Å²) in [5.74, 6) is -6.06. The molecular weight excluding hydrogens is 284 g/mol. The number of carboxylic acids is 2. The minimum absolute atomic E-state index is 0. The number of rotatable bonds is 6. The molecule has 0 spiro atoms. The molecule has 0 amide bonds. The van der Waals surface area contributed by atoms with Crippen molar-refractivity contribution in [3.8, 4) is 0 Å². The van der Waals surface area contributed by atoms with Crippen molar-refractivity contribution in [3.63, 3.8) is 0 Å². The van der Waals surface area contributed by atoms with E-state index in [2.05, 4.69) is 9.47 Å². The summed E-state index contributed by atoms with van der Waals surface area (Å²) in [5.41, 5.74) is 0. The number of ether oxygens (including phenoxy) is 2. The molecule has 0 radical (unpaired) electrons. The van der Waals surface area contributed by atoms with Gasteiger partial charge in [0.05, 0.1) is 5.97 Å². The van der Waals surface area contributed by atoms with Gasteiger partial charge in [-0.2, -0.15) is 0 Å². The number of aliphatic hydroxyl groups is 1. The molecule has 0 aromatic carbocycles. The Balaban J connectivity index is 0. The molecule has 0 fully saturated rings.